The molecule has 0 N–H and O–H groups in total. The van der Waals surface area contributed by atoms with Crippen molar-refractivity contribution in [3.63, 3.8) is 0 Å². The van der Waals surface area contributed by atoms with Gasteiger partial charge in [-0.1, -0.05) is 6.07 Å². The summed E-state index contributed by atoms with van der Waals surface area (Å²) in [7, 11) is 2.72. The minimum absolute atomic E-state index is 0.0411. The molecule has 0 spiro atoms. The molecule has 11 heteroatoms. The van der Waals surface area contributed by atoms with Crippen LogP contribution in [0.2, 0.25) is 0 Å². The Bertz CT molecular complexity index is 1110. The maximum atomic E-state index is 12.5. The number of esters is 2. The number of rotatable bonds is 9. The van der Waals surface area contributed by atoms with Gasteiger partial charge in [-0.05, 0) is 54.6 Å². The highest BCUT2D eigenvalue weighted by Gasteiger charge is 2.36. The van der Waals surface area contributed by atoms with E-state index in [-0.39, 0.29) is 23.9 Å². The van der Waals surface area contributed by atoms with Crippen molar-refractivity contribution in [3.05, 3.63) is 52.3 Å². The fourth-order valence-corrected chi connectivity index (χ4v) is 3.67. The van der Waals surface area contributed by atoms with Crippen LogP contribution in [0, 0.1) is 0 Å². The summed E-state index contributed by atoms with van der Waals surface area (Å²) in [5, 5.41) is -0.545. The predicted octanol–water partition coefficient (Wildman–Crippen LogP) is 3.25. The van der Waals surface area contributed by atoms with Crippen molar-refractivity contribution in [2.75, 3.05) is 27.4 Å². The molecule has 174 valence electrons. The van der Waals surface area contributed by atoms with E-state index in [9.17, 15) is 19.2 Å². The monoisotopic (exact) mass is 475 g/mol. The second-order valence-corrected chi connectivity index (χ2v) is 7.52. The number of furan rings is 1. The Morgan fingerprint density at radius 3 is 2.61 bits per heavy atom. The summed E-state index contributed by atoms with van der Waals surface area (Å²) in [5.41, 5.74) is 0.590. The summed E-state index contributed by atoms with van der Waals surface area (Å²) in [6.07, 6.45) is 1.53. The molecule has 2 amide bonds. The van der Waals surface area contributed by atoms with Gasteiger partial charge in [-0.15, -0.1) is 0 Å². The number of benzene rings is 1. The van der Waals surface area contributed by atoms with E-state index in [2.05, 4.69) is 4.74 Å². The van der Waals surface area contributed by atoms with Crippen molar-refractivity contribution in [1.82, 2.24) is 4.90 Å². The van der Waals surface area contributed by atoms with Crippen molar-refractivity contribution in [2.24, 2.45) is 0 Å². The van der Waals surface area contributed by atoms with Crippen LogP contribution in [0.15, 0.2) is 39.7 Å². The number of carbonyl (C=O) groups is 4. The van der Waals surface area contributed by atoms with Gasteiger partial charge in [-0.2, -0.15) is 0 Å². The van der Waals surface area contributed by atoms with Crippen molar-refractivity contribution in [2.45, 2.75) is 13.5 Å². The Morgan fingerprint density at radius 1 is 1.12 bits per heavy atom. The molecule has 1 aliphatic rings. The van der Waals surface area contributed by atoms with E-state index >= 15 is 0 Å². The van der Waals surface area contributed by atoms with E-state index in [1.54, 1.807) is 31.2 Å². The van der Waals surface area contributed by atoms with Crippen molar-refractivity contribution < 1.29 is 42.5 Å². The van der Waals surface area contributed by atoms with Crippen LogP contribution in [0.3, 0.4) is 0 Å². The van der Waals surface area contributed by atoms with Gasteiger partial charge in [0.05, 0.1) is 25.7 Å². The van der Waals surface area contributed by atoms with Crippen LogP contribution in [-0.4, -0.2) is 55.4 Å². The van der Waals surface area contributed by atoms with E-state index in [1.807, 2.05) is 0 Å². The minimum atomic E-state index is -0.653. The smallest absolute Gasteiger partial charge is 0.373 e. The lowest BCUT2D eigenvalue weighted by Gasteiger charge is -2.11. The molecule has 0 bridgehead atoms. The van der Waals surface area contributed by atoms with E-state index in [1.165, 1.54) is 26.4 Å². The first-order chi connectivity index (χ1) is 15.9. The van der Waals surface area contributed by atoms with Crippen LogP contribution in [0.1, 0.15) is 28.8 Å². The van der Waals surface area contributed by atoms with Gasteiger partial charge < -0.3 is 23.4 Å². The van der Waals surface area contributed by atoms with Crippen LogP contribution < -0.4 is 9.47 Å². The lowest BCUT2D eigenvalue weighted by atomic mass is 10.2. The Balaban J connectivity index is 1.70. The fourth-order valence-electron chi connectivity index (χ4n) is 2.83. The molecule has 2 heterocycles. The quantitative estimate of drug-likeness (QED) is 0.394. The lowest BCUT2D eigenvalue weighted by molar-refractivity contribution is -0.145. The Hall–Kier alpha value is -3.73. The van der Waals surface area contributed by atoms with Crippen LogP contribution >= 0.6 is 11.8 Å². The van der Waals surface area contributed by atoms with Crippen LogP contribution in [0.5, 0.6) is 11.5 Å². The molecule has 1 aromatic heterocycles. The Labute approximate surface area is 193 Å². The summed E-state index contributed by atoms with van der Waals surface area (Å²) in [4.78, 5) is 48.8. The van der Waals surface area contributed by atoms with E-state index in [0.29, 0.717) is 22.8 Å². The molecular formula is C22H21NO9S. The maximum Gasteiger partial charge on any atom is 0.373 e. The molecule has 1 aliphatic heterocycles. The third-order valence-corrected chi connectivity index (χ3v) is 5.28. The zero-order valence-corrected chi connectivity index (χ0v) is 18.9. The summed E-state index contributed by atoms with van der Waals surface area (Å²) in [5.74, 6) is -0.548. The molecule has 0 saturated carbocycles. The predicted molar refractivity (Wildman–Crippen MR) is 117 cm³/mol. The summed E-state index contributed by atoms with van der Waals surface area (Å²) in [6, 6.07) is 8.03. The molecule has 1 fully saturated rings. The number of imide groups is 1. The molecule has 0 aliphatic carbocycles. The zero-order chi connectivity index (χ0) is 24.0. The third-order valence-electron chi connectivity index (χ3n) is 4.37. The van der Waals surface area contributed by atoms with Crippen LogP contribution in [0.25, 0.3) is 6.08 Å². The first-order valence-corrected chi connectivity index (χ1v) is 10.6. The molecule has 10 nitrogen and oxygen atoms in total. The van der Waals surface area contributed by atoms with Gasteiger partial charge >= 0.3 is 11.9 Å². The number of hydrogen-bond acceptors (Lipinski definition) is 10. The topological polar surface area (TPSA) is 122 Å². The summed E-state index contributed by atoms with van der Waals surface area (Å²) in [6.45, 7) is 1.40. The van der Waals surface area contributed by atoms with Gasteiger partial charge in [0.2, 0.25) is 5.76 Å². The van der Waals surface area contributed by atoms with E-state index in [4.69, 9.17) is 18.6 Å². The molecule has 2 aromatic rings. The molecule has 0 unspecified atom stereocenters. The van der Waals surface area contributed by atoms with Crippen molar-refractivity contribution in [1.29, 1.82) is 0 Å². The number of ether oxygens (including phenoxy) is 4. The van der Waals surface area contributed by atoms with Crippen LogP contribution in [0.4, 0.5) is 4.79 Å². The maximum absolute atomic E-state index is 12.5. The van der Waals surface area contributed by atoms with Gasteiger partial charge in [0.15, 0.2) is 11.5 Å². The normalized spacial score (nSPS) is 14.5. The number of methoxy groups -OCH3 is 2. The lowest BCUT2D eigenvalue weighted by Crippen LogP contribution is -2.34. The first-order valence-electron chi connectivity index (χ1n) is 9.75. The number of thioether (sulfide) groups is 1. The van der Waals surface area contributed by atoms with Crippen LogP contribution in [-0.2, 0) is 25.7 Å². The fraction of sp³-hybridized carbons (Fsp3) is 0.273. The molecule has 0 atom stereocenters. The molecule has 33 heavy (non-hydrogen) atoms. The Morgan fingerprint density at radius 2 is 1.91 bits per heavy atom. The summed E-state index contributed by atoms with van der Waals surface area (Å²) < 4.78 is 25.8. The number of nitrogens with zero attached hydrogens (tertiary/aromatic N) is 1. The molecular weight excluding hydrogens is 454 g/mol. The van der Waals surface area contributed by atoms with Crippen molar-refractivity contribution >= 4 is 40.9 Å². The standard InChI is InChI=1S/C22H21NO9S/c1-4-30-19(24)11-23-20(25)18(33-22(23)27)10-13-5-7-15(17(9-13)28-2)31-12-14-6-8-16(32-14)21(26)29-3/h5-10H,4,11-12H2,1-3H3/b18-10-. The highest BCUT2D eigenvalue weighted by Crippen LogP contribution is 2.34. The second-order valence-electron chi connectivity index (χ2n) is 6.53. The highest BCUT2D eigenvalue weighted by molar-refractivity contribution is 8.18. The van der Waals surface area contributed by atoms with Gasteiger partial charge in [0.1, 0.15) is 18.9 Å². The van der Waals surface area contributed by atoms with E-state index in [0.717, 1.165) is 16.7 Å². The van der Waals surface area contributed by atoms with Gasteiger partial charge in [0.25, 0.3) is 11.1 Å². The molecule has 1 saturated heterocycles. The van der Waals surface area contributed by atoms with E-state index < -0.39 is 29.6 Å². The average Bonchev–Trinajstić information content (AvgIpc) is 3.38. The van der Waals surface area contributed by atoms with Gasteiger partial charge in [-0.25, -0.2) is 4.79 Å². The van der Waals surface area contributed by atoms with Gasteiger partial charge in [0, 0.05) is 0 Å². The molecule has 1 aromatic carbocycles. The largest absolute Gasteiger partial charge is 0.493 e. The number of hydrogen-bond donors (Lipinski definition) is 0. The second kappa shape index (κ2) is 10.7. The zero-order valence-electron chi connectivity index (χ0n) is 18.1. The SMILES string of the molecule is CCOC(=O)CN1C(=O)S/C(=C\c2ccc(OCc3ccc(C(=O)OC)o3)c(OC)c2)C1=O. The third kappa shape index (κ3) is 5.75. The first kappa shape index (κ1) is 23.9. The van der Waals surface area contributed by atoms with Gasteiger partial charge in [-0.3, -0.25) is 19.3 Å². The Kier molecular flexibility index (Phi) is 7.78. The van der Waals surface area contributed by atoms with Crippen molar-refractivity contribution in [3.8, 4) is 11.5 Å². The average molecular weight is 475 g/mol. The molecule has 0 radical (unpaired) electrons. The minimum Gasteiger partial charge on any atom is -0.493 e. The number of amides is 2. The highest BCUT2D eigenvalue weighted by atomic mass is 32.2. The molecule has 3 rings (SSSR count). The summed E-state index contributed by atoms with van der Waals surface area (Å²) >= 11 is 0.737. The number of carbonyl (C=O) groups excluding carboxylic acids is 4.